The highest BCUT2D eigenvalue weighted by molar-refractivity contribution is 6.33. The van der Waals surface area contributed by atoms with Crippen molar-refractivity contribution in [3.05, 3.63) is 84.1 Å². The summed E-state index contributed by atoms with van der Waals surface area (Å²) in [5.41, 5.74) is 7.63. The summed E-state index contributed by atoms with van der Waals surface area (Å²) in [5, 5.41) is 6.45. The van der Waals surface area contributed by atoms with E-state index in [2.05, 4.69) is 99.0 Å². The molecule has 2 heteroatoms. The second kappa shape index (κ2) is 6.31. The Morgan fingerprint density at radius 3 is 2.29 bits per heavy atom. The van der Waals surface area contributed by atoms with Crippen LogP contribution in [-0.2, 0) is 11.8 Å². The van der Waals surface area contributed by atoms with E-state index in [0.29, 0.717) is 0 Å². The summed E-state index contributed by atoms with van der Waals surface area (Å²) in [4.78, 5) is 4.86. The van der Waals surface area contributed by atoms with Gasteiger partial charge in [0.15, 0.2) is 0 Å². The van der Waals surface area contributed by atoms with Gasteiger partial charge in [0.2, 0.25) is 0 Å². The molecule has 0 atom stereocenters. The highest BCUT2D eigenvalue weighted by atomic mass is 15.0. The Hall–Kier alpha value is -3.39. The molecular weight excluding hydrogens is 376 g/mol. The molecule has 0 saturated carbocycles. The van der Waals surface area contributed by atoms with Crippen molar-refractivity contribution < 1.29 is 0 Å². The van der Waals surface area contributed by atoms with Gasteiger partial charge in [-0.15, -0.1) is 0 Å². The average Bonchev–Trinajstić information content (AvgIpc) is 3.13. The fourth-order valence-corrected chi connectivity index (χ4v) is 5.06. The molecule has 6 rings (SSSR count). The average molecular weight is 403 g/mol. The Morgan fingerprint density at radius 2 is 1.55 bits per heavy atom. The van der Waals surface area contributed by atoms with Crippen LogP contribution in [0.4, 0.5) is 0 Å². The van der Waals surface area contributed by atoms with Crippen molar-refractivity contribution in [3.8, 4) is 5.69 Å². The van der Waals surface area contributed by atoms with Crippen LogP contribution in [0.5, 0.6) is 0 Å². The molecule has 0 aliphatic heterocycles. The van der Waals surface area contributed by atoms with Gasteiger partial charge in [0.1, 0.15) is 0 Å². The van der Waals surface area contributed by atoms with E-state index in [1.165, 1.54) is 54.8 Å². The number of aromatic nitrogens is 2. The molecule has 0 unspecified atom stereocenters. The van der Waals surface area contributed by atoms with Crippen LogP contribution in [0.2, 0.25) is 0 Å². The van der Waals surface area contributed by atoms with Crippen LogP contribution < -0.4 is 0 Å². The zero-order valence-corrected chi connectivity index (χ0v) is 18.5. The lowest BCUT2D eigenvalue weighted by atomic mass is 9.87. The van der Waals surface area contributed by atoms with Crippen molar-refractivity contribution in [2.45, 2.75) is 39.5 Å². The maximum atomic E-state index is 4.86. The number of hydrogen-bond acceptors (Lipinski definition) is 1. The van der Waals surface area contributed by atoms with E-state index < -0.39 is 0 Å². The van der Waals surface area contributed by atoms with Crippen molar-refractivity contribution in [2.75, 3.05) is 0 Å². The molecular formula is C29H26N2. The van der Waals surface area contributed by atoms with E-state index in [4.69, 9.17) is 4.98 Å². The molecule has 2 heterocycles. The van der Waals surface area contributed by atoms with Gasteiger partial charge in [0.05, 0.1) is 16.6 Å². The number of nitrogens with zero attached hydrogens (tertiary/aromatic N) is 2. The third-order valence-electron chi connectivity index (χ3n) is 6.73. The molecule has 4 aromatic carbocycles. The molecule has 0 spiro atoms. The lowest BCUT2D eigenvalue weighted by molar-refractivity contribution is 0.590. The minimum atomic E-state index is 0.144. The summed E-state index contributed by atoms with van der Waals surface area (Å²) >= 11 is 0. The number of pyridine rings is 1. The van der Waals surface area contributed by atoms with Crippen molar-refractivity contribution >= 4 is 43.5 Å². The summed E-state index contributed by atoms with van der Waals surface area (Å²) in [6, 6.07) is 24.8. The van der Waals surface area contributed by atoms with Crippen molar-refractivity contribution in [1.29, 1.82) is 0 Å². The molecule has 0 fully saturated rings. The van der Waals surface area contributed by atoms with Gasteiger partial charge in [-0.1, -0.05) is 70.2 Å². The quantitative estimate of drug-likeness (QED) is 0.270. The van der Waals surface area contributed by atoms with E-state index in [0.717, 1.165) is 11.9 Å². The van der Waals surface area contributed by atoms with E-state index in [9.17, 15) is 0 Å². The molecule has 0 bridgehead atoms. The monoisotopic (exact) mass is 402 g/mol. The lowest BCUT2D eigenvalue weighted by Gasteiger charge is -2.19. The minimum Gasteiger partial charge on any atom is -0.309 e. The summed E-state index contributed by atoms with van der Waals surface area (Å²) in [6.45, 7) is 9.00. The molecule has 2 aromatic heterocycles. The largest absolute Gasteiger partial charge is 0.309 e. The van der Waals surface area contributed by atoms with E-state index in [1.807, 2.05) is 6.20 Å². The third-order valence-corrected chi connectivity index (χ3v) is 6.73. The molecule has 0 N–H and O–H groups in total. The summed E-state index contributed by atoms with van der Waals surface area (Å²) in [7, 11) is 0. The first-order chi connectivity index (χ1) is 15.0. The topological polar surface area (TPSA) is 17.8 Å². The molecule has 2 nitrogen and oxygen atoms in total. The Kier molecular flexibility index (Phi) is 3.74. The first-order valence-corrected chi connectivity index (χ1v) is 11.1. The molecule has 152 valence electrons. The van der Waals surface area contributed by atoms with Gasteiger partial charge >= 0.3 is 0 Å². The van der Waals surface area contributed by atoms with E-state index in [-0.39, 0.29) is 5.41 Å². The van der Waals surface area contributed by atoms with Gasteiger partial charge in [-0.2, -0.15) is 0 Å². The second-order valence-corrected chi connectivity index (χ2v) is 9.62. The lowest BCUT2D eigenvalue weighted by Crippen LogP contribution is -2.10. The first kappa shape index (κ1) is 18.4. The summed E-state index contributed by atoms with van der Waals surface area (Å²) < 4.78 is 2.40. The molecule has 0 aliphatic carbocycles. The minimum absolute atomic E-state index is 0.144. The highest BCUT2D eigenvalue weighted by Crippen LogP contribution is 2.43. The van der Waals surface area contributed by atoms with Gasteiger partial charge in [-0.05, 0) is 58.0 Å². The van der Waals surface area contributed by atoms with Gasteiger partial charge in [0.25, 0.3) is 0 Å². The number of fused-ring (bicyclic) bond motifs is 3. The number of benzene rings is 4. The fourth-order valence-electron chi connectivity index (χ4n) is 5.06. The number of hydrogen-bond donors (Lipinski definition) is 0. The normalized spacial score (nSPS) is 12.6. The molecule has 0 aliphatic rings. The maximum absolute atomic E-state index is 4.86. The van der Waals surface area contributed by atoms with Crippen LogP contribution in [0.25, 0.3) is 49.2 Å². The predicted molar refractivity (Wildman–Crippen MR) is 133 cm³/mol. The second-order valence-electron chi connectivity index (χ2n) is 9.62. The van der Waals surface area contributed by atoms with Crippen LogP contribution in [0.1, 0.15) is 38.8 Å². The van der Waals surface area contributed by atoms with E-state index >= 15 is 0 Å². The highest BCUT2D eigenvalue weighted by Gasteiger charge is 2.20. The SMILES string of the molecule is CCc1ccc2c(c1)c1cccc3c1c1c2nccc1n3-c1ccc(C(C)(C)C)cc1. The standard InChI is InChI=1S/C29H26N2/c1-5-18-9-14-22-23(17-18)21-7-6-8-24-26(21)27-25(15-16-30-28(22)27)31(24)20-12-10-19(11-13-20)29(2,3)4/h6-17H,5H2,1-4H3. The zero-order chi connectivity index (χ0) is 21.3. The Labute approximate surface area is 182 Å². The molecule has 0 radical (unpaired) electrons. The van der Waals surface area contributed by atoms with Gasteiger partial charge in [-0.25, -0.2) is 0 Å². The van der Waals surface area contributed by atoms with E-state index in [1.54, 1.807) is 0 Å². The molecule has 0 saturated heterocycles. The molecule has 6 aromatic rings. The molecule has 31 heavy (non-hydrogen) atoms. The van der Waals surface area contributed by atoms with Crippen molar-refractivity contribution in [3.63, 3.8) is 0 Å². The van der Waals surface area contributed by atoms with Gasteiger partial charge in [-0.3, -0.25) is 4.98 Å². The number of rotatable bonds is 2. The molecule has 0 amide bonds. The van der Waals surface area contributed by atoms with Crippen LogP contribution in [0.3, 0.4) is 0 Å². The smallest absolute Gasteiger partial charge is 0.0808 e. The van der Waals surface area contributed by atoms with Gasteiger partial charge in [0, 0.05) is 28.0 Å². The van der Waals surface area contributed by atoms with Crippen LogP contribution in [-0.4, -0.2) is 9.55 Å². The summed E-state index contributed by atoms with van der Waals surface area (Å²) in [6.07, 6.45) is 2.99. The van der Waals surface area contributed by atoms with Crippen LogP contribution in [0.15, 0.2) is 72.9 Å². The summed E-state index contributed by atoms with van der Waals surface area (Å²) in [5.74, 6) is 0. The number of aryl methyl sites for hydroxylation is 1. The Morgan fingerprint density at radius 1 is 0.774 bits per heavy atom. The van der Waals surface area contributed by atoms with Crippen LogP contribution in [0, 0.1) is 0 Å². The Balaban J connectivity index is 1.77. The zero-order valence-electron chi connectivity index (χ0n) is 18.5. The third kappa shape index (κ3) is 2.54. The van der Waals surface area contributed by atoms with Crippen molar-refractivity contribution in [2.24, 2.45) is 0 Å². The van der Waals surface area contributed by atoms with Crippen LogP contribution >= 0.6 is 0 Å². The first-order valence-electron chi connectivity index (χ1n) is 11.1. The van der Waals surface area contributed by atoms with Gasteiger partial charge < -0.3 is 4.57 Å². The van der Waals surface area contributed by atoms with Crippen molar-refractivity contribution in [1.82, 2.24) is 9.55 Å². The Bertz CT molecular complexity index is 1580. The fraction of sp³-hybridized carbons (Fsp3) is 0.207. The predicted octanol–water partition coefficient (Wildman–Crippen LogP) is 7.78. The maximum Gasteiger partial charge on any atom is 0.0808 e.